The molecule has 1 aromatic carbocycles. The fourth-order valence-corrected chi connectivity index (χ4v) is 2.86. The Bertz CT molecular complexity index is 689. The van der Waals surface area contributed by atoms with Crippen LogP contribution in [-0.4, -0.2) is 33.9 Å². The van der Waals surface area contributed by atoms with E-state index in [0.717, 1.165) is 25.2 Å². The number of hydrogen-bond donors (Lipinski definition) is 1. The summed E-state index contributed by atoms with van der Waals surface area (Å²) < 4.78 is 0. The smallest absolute Gasteiger partial charge is 0.272 e. The van der Waals surface area contributed by atoms with E-state index in [-0.39, 0.29) is 5.91 Å². The van der Waals surface area contributed by atoms with Crippen molar-refractivity contribution in [3.63, 3.8) is 0 Å². The van der Waals surface area contributed by atoms with Gasteiger partial charge in [0.25, 0.3) is 5.91 Å². The number of amides is 1. The largest absolute Gasteiger partial charge is 0.337 e. The minimum atomic E-state index is -0.0295. The van der Waals surface area contributed by atoms with Crippen molar-refractivity contribution in [3.05, 3.63) is 47.2 Å². The lowest BCUT2D eigenvalue weighted by Crippen LogP contribution is -2.39. The van der Waals surface area contributed by atoms with Crippen molar-refractivity contribution < 1.29 is 4.79 Å². The summed E-state index contributed by atoms with van der Waals surface area (Å²) in [5.74, 6) is 0.919. The lowest BCUT2D eigenvalue weighted by Gasteiger charge is -2.30. The lowest BCUT2D eigenvalue weighted by molar-refractivity contribution is 0.0677. The van der Waals surface area contributed by atoms with Crippen LogP contribution < -0.4 is 5.32 Å². The van der Waals surface area contributed by atoms with E-state index < -0.39 is 0 Å². The third-order valence-corrected chi connectivity index (χ3v) is 4.17. The van der Waals surface area contributed by atoms with Crippen molar-refractivity contribution in [2.45, 2.75) is 19.8 Å². The quantitative estimate of drug-likeness (QED) is 0.931. The summed E-state index contributed by atoms with van der Waals surface area (Å²) in [5, 5.41) is 3.75. The third-order valence-electron chi connectivity index (χ3n) is 3.92. The summed E-state index contributed by atoms with van der Waals surface area (Å²) >= 11 is 5.87. The Hall–Kier alpha value is -2.14. The van der Waals surface area contributed by atoms with Crippen LogP contribution in [0.15, 0.2) is 36.5 Å². The van der Waals surface area contributed by atoms with Gasteiger partial charge in [-0.05, 0) is 49.1 Å². The van der Waals surface area contributed by atoms with Gasteiger partial charge in [-0.25, -0.2) is 9.97 Å². The monoisotopic (exact) mass is 330 g/mol. The molecule has 2 heterocycles. The summed E-state index contributed by atoms with van der Waals surface area (Å²) in [5.41, 5.74) is 1.25. The van der Waals surface area contributed by atoms with E-state index in [4.69, 9.17) is 11.6 Å². The van der Waals surface area contributed by atoms with Crippen LogP contribution in [-0.2, 0) is 0 Å². The number of likely N-dealkylation sites (tertiary alicyclic amines) is 1. The second kappa shape index (κ2) is 6.96. The Morgan fingerprint density at radius 2 is 2.09 bits per heavy atom. The van der Waals surface area contributed by atoms with E-state index in [0.29, 0.717) is 22.6 Å². The zero-order chi connectivity index (χ0) is 16.2. The maximum absolute atomic E-state index is 12.6. The third kappa shape index (κ3) is 3.99. The van der Waals surface area contributed by atoms with Gasteiger partial charge >= 0.3 is 0 Å². The maximum Gasteiger partial charge on any atom is 0.272 e. The van der Waals surface area contributed by atoms with E-state index in [1.165, 1.54) is 6.42 Å². The molecule has 0 aliphatic carbocycles. The number of benzene rings is 1. The van der Waals surface area contributed by atoms with E-state index in [1.54, 1.807) is 24.4 Å². The molecule has 0 bridgehead atoms. The molecule has 6 heteroatoms. The Labute approximate surface area is 140 Å². The van der Waals surface area contributed by atoms with Crippen molar-refractivity contribution in [1.29, 1.82) is 0 Å². The van der Waals surface area contributed by atoms with Gasteiger partial charge in [-0.15, -0.1) is 0 Å². The van der Waals surface area contributed by atoms with Gasteiger partial charge in [-0.2, -0.15) is 0 Å². The van der Waals surface area contributed by atoms with Gasteiger partial charge in [0.15, 0.2) is 0 Å². The van der Waals surface area contributed by atoms with Crippen LogP contribution in [0, 0.1) is 5.92 Å². The second-order valence-corrected chi connectivity index (χ2v) is 6.33. The van der Waals surface area contributed by atoms with Gasteiger partial charge in [0.1, 0.15) is 5.69 Å². The normalized spacial score (nSPS) is 17.8. The molecular weight excluding hydrogens is 312 g/mol. The highest BCUT2D eigenvalue weighted by molar-refractivity contribution is 6.30. The molecule has 0 radical (unpaired) electrons. The van der Waals surface area contributed by atoms with Crippen molar-refractivity contribution in [1.82, 2.24) is 14.9 Å². The zero-order valence-corrected chi connectivity index (χ0v) is 13.8. The molecule has 1 unspecified atom stereocenters. The molecule has 23 heavy (non-hydrogen) atoms. The van der Waals surface area contributed by atoms with Crippen molar-refractivity contribution in [2.75, 3.05) is 18.4 Å². The Kier molecular flexibility index (Phi) is 4.76. The molecule has 5 nitrogen and oxygen atoms in total. The highest BCUT2D eigenvalue weighted by Gasteiger charge is 2.23. The molecule has 1 N–H and O–H groups in total. The van der Waals surface area contributed by atoms with Gasteiger partial charge < -0.3 is 10.2 Å². The van der Waals surface area contributed by atoms with Crippen LogP contribution in [0.25, 0.3) is 0 Å². The fourth-order valence-electron chi connectivity index (χ4n) is 2.74. The van der Waals surface area contributed by atoms with Crippen LogP contribution in [0.4, 0.5) is 11.6 Å². The number of nitrogens with zero attached hydrogens (tertiary/aromatic N) is 3. The topological polar surface area (TPSA) is 58.1 Å². The molecule has 120 valence electrons. The molecule has 1 saturated heterocycles. The summed E-state index contributed by atoms with van der Waals surface area (Å²) in [6, 6.07) is 8.91. The number of rotatable bonds is 3. The van der Waals surface area contributed by atoms with E-state index in [9.17, 15) is 4.79 Å². The average molecular weight is 331 g/mol. The second-order valence-electron chi connectivity index (χ2n) is 5.90. The van der Waals surface area contributed by atoms with Crippen LogP contribution >= 0.6 is 11.6 Å². The molecule has 1 aromatic heterocycles. The molecule has 0 spiro atoms. The van der Waals surface area contributed by atoms with Gasteiger partial charge in [0.2, 0.25) is 5.95 Å². The minimum absolute atomic E-state index is 0.0295. The van der Waals surface area contributed by atoms with Crippen LogP contribution in [0.2, 0.25) is 5.02 Å². The summed E-state index contributed by atoms with van der Waals surface area (Å²) in [4.78, 5) is 23.0. The molecule has 1 fully saturated rings. The van der Waals surface area contributed by atoms with Crippen molar-refractivity contribution in [2.24, 2.45) is 5.92 Å². The fraction of sp³-hybridized carbons (Fsp3) is 0.353. The van der Waals surface area contributed by atoms with Crippen LogP contribution in [0.5, 0.6) is 0 Å². The van der Waals surface area contributed by atoms with Gasteiger partial charge in [-0.3, -0.25) is 4.79 Å². The maximum atomic E-state index is 12.6. The number of piperidine rings is 1. The number of nitrogens with one attached hydrogen (secondary N) is 1. The zero-order valence-electron chi connectivity index (χ0n) is 13.0. The molecule has 1 atom stereocenters. The van der Waals surface area contributed by atoms with E-state index in [2.05, 4.69) is 22.2 Å². The summed E-state index contributed by atoms with van der Waals surface area (Å²) in [7, 11) is 0. The Morgan fingerprint density at radius 3 is 2.83 bits per heavy atom. The number of hydrogen-bond acceptors (Lipinski definition) is 4. The molecule has 0 saturated carbocycles. The highest BCUT2D eigenvalue weighted by Crippen LogP contribution is 2.19. The summed E-state index contributed by atoms with van der Waals surface area (Å²) in [6.07, 6.45) is 3.83. The first-order chi connectivity index (χ1) is 11.1. The number of carbonyl (C=O) groups excluding carboxylic acids is 1. The number of halogens is 1. The SMILES string of the molecule is CC1CCCN(C(=O)c2ccnc(Nc3ccc(Cl)cc3)n2)C1. The Morgan fingerprint density at radius 1 is 1.30 bits per heavy atom. The number of carbonyl (C=O) groups is 1. The molecule has 1 aliphatic heterocycles. The van der Waals surface area contributed by atoms with Crippen molar-refractivity contribution >= 4 is 29.1 Å². The first kappa shape index (κ1) is 15.7. The molecule has 3 rings (SSSR count). The molecule has 1 amide bonds. The minimum Gasteiger partial charge on any atom is -0.337 e. The van der Waals surface area contributed by atoms with Crippen LogP contribution in [0.3, 0.4) is 0 Å². The predicted molar refractivity (Wildman–Crippen MR) is 91.1 cm³/mol. The Balaban J connectivity index is 1.74. The predicted octanol–water partition coefficient (Wildman–Crippen LogP) is 3.75. The van der Waals surface area contributed by atoms with Crippen molar-refractivity contribution in [3.8, 4) is 0 Å². The standard InChI is InChI=1S/C17H19ClN4O/c1-12-3-2-10-22(11-12)16(23)15-8-9-19-17(21-15)20-14-6-4-13(18)5-7-14/h4-9,12H,2-3,10-11H2,1H3,(H,19,20,21). The van der Waals surface area contributed by atoms with E-state index >= 15 is 0 Å². The highest BCUT2D eigenvalue weighted by atomic mass is 35.5. The number of anilines is 2. The van der Waals surface area contributed by atoms with Gasteiger partial charge in [0.05, 0.1) is 0 Å². The number of aromatic nitrogens is 2. The molecule has 2 aromatic rings. The van der Waals surface area contributed by atoms with E-state index in [1.807, 2.05) is 17.0 Å². The average Bonchev–Trinajstić information content (AvgIpc) is 2.56. The molecular formula is C17H19ClN4O. The van der Waals surface area contributed by atoms with Gasteiger partial charge in [0, 0.05) is 30.0 Å². The van der Waals surface area contributed by atoms with Crippen LogP contribution in [0.1, 0.15) is 30.3 Å². The van der Waals surface area contributed by atoms with Gasteiger partial charge in [-0.1, -0.05) is 18.5 Å². The molecule has 1 aliphatic rings. The lowest BCUT2D eigenvalue weighted by atomic mass is 10.00. The summed E-state index contributed by atoms with van der Waals surface area (Å²) in [6.45, 7) is 3.77. The first-order valence-electron chi connectivity index (χ1n) is 7.77. The first-order valence-corrected chi connectivity index (χ1v) is 8.14.